The summed E-state index contributed by atoms with van der Waals surface area (Å²) < 4.78 is 2.78. The van der Waals surface area contributed by atoms with Gasteiger partial charge in [-0.25, -0.2) is 4.98 Å². The molecule has 0 aliphatic carbocycles. The minimum atomic E-state index is -0.374. The van der Waals surface area contributed by atoms with Gasteiger partial charge < -0.3 is 5.32 Å². The van der Waals surface area contributed by atoms with Crippen molar-refractivity contribution in [3.05, 3.63) is 67.0 Å². The molecule has 1 unspecified atom stereocenters. The molecular formula is C19H16N4OS. The summed E-state index contributed by atoms with van der Waals surface area (Å²) in [5, 5.41) is 8.01. The Hall–Kier alpha value is -2.99. The van der Waals surface area contributed by atoms with E-state index in [1.54, 1.807) is 34.5 Å². The molecule has 5 nitrogen and oxygen atoms in total. The summed E-state index contributed by atoms with van der Waals surface area (Å²) >= 11 is 1.64. The first-order valence-corrected chi connectivity index (χ1v) is 8.78. The van der Waals surface area contributed by atoms with Crippen molar-refractivity contribution in [1.82, 2.24) is 14.8 Å². The quantitative estimate of drug-likeness (QED) is 0.596. The van der Waals surface area contributed by atoms with Gasteiger partial charge in [-0.3, -0.25) is 9.48 Å². The van der Waals surface area contributed by atoms with E-state index >= 15 is 0 Å². The van der Waals surface area contributed by atoms with Crippen LogP contribution < -0.4 is 5.32 Å². The number of amides is 1. The van der Waals surface area contributed by atoms with Gasteiger partial charge in [-0.1, -0.05) is 24.3 Å². The van der Waals surface area contributed by atoms with Crippen LogP contribution in [0, 0.1) is 0 Å². The molecule has 25 heavy (non-hydrogen) atoms. The third-order valence-corrected chi connectivity index (χ3v) is 5.06. The highest BCUT2D eigenvalue weighted by atomic mass is 32.1. The van der Waals surface area contributed by atoms with E-state index in [0.717, 1.165) is 26.5 Å². The molecule has 2 aromatic heterocycles. The van der Waals surface area contributed by atoms with Gasteiger partial charge in [0, 0.05) is 23.6 Å². The molecule has 0 saturated carbocycles. The van der Waals surface area contributed by atoms with Crippen LogP contribution in [0.5, 0.6) is 0 Å². The fourth-order valence-corrected chi connectivity index (χ4v) is 3.56. The normalized spacial score (nSPS) is 12.2. The van der Waals surface area contributed by atoms with Crippen LogP contribution in [-0.4, -0.2) is 20.7 Å². The predicted octanol–water partition coefficient (Wildman–Crippen LogP) is 4.36. The van der Waals surface area contributed by atoms with Crippen LogP contribution in [0.2, 0.25) is 0 Å². The predicted molar refractivity (Wildman–Crippen MR) is 101 cm³/mol. The lowest BCUT2D eigenvalue weighted by Crippen LogP contribution is -2.23. The molecule has 2 heterocycles. The van der Waals surface area contributed by atoms with Crippen LogP contribution in [-0.2, 0) is 4.79 Å². The second-order valence-electron chi connectivity index (χ2n) is 5.72. The number of para-hydroxylation sites is 1. The summed E-state index contributed by atoms with van der Waals surface area (Å²) in [5.74, 6) is -0.106. The first-order valence-electron chi connectivity index (χ1n) is 7.97. The number of carbonyl (C=O) groups is 1. The Morgan fingerprint density at radius 3 is 2.84 bits per heavy atom. The molecule has 1 N–H and O–H groups in total. The van der Waals surface area contributed by atoms with Crippen LogP contribution in [0.25, 0.3) is 20.8 Å². The maximum absolute atomic E-state index is 12.4. The van der Waals surface area contributed by atoms with E-state index in [0.29, 0.717) is 0 Å². The second-order valence-corrected chi connectivity index (χ2v) is 6.75. The van der Waals surface area contributed by atoms with E-state index in [1.165, 1.54) is 0 Å². The number of hydrogen-bond acceptors (Lipinski definition) is 4. The van der Waals surface area contributed by atoms with Gasteiger partial charge in [-0.15, -0.1) is 11.3 Å². The molecular weight excluding hydrogens is 332 g/mol. The largest absolute Gasteiger partial charge is 0.324 e. The van der Waals surface area contributed by atoms with E-state index in [-0.39, 0.29) is 11.9 Å². The van der Waals surface area contributed by atoms with Gasteiger partial charge in [0.2, 0.25) is 5.91 Å². The Morgan fingerprint density at radius 2 is 2.04 bits per heavy atom. The number of nitrogens with zero attached hydrogens (tertiary/aromatic N) is 3. The minimum absolute atomic E-state index is 0.106. The van der Waals surface area contributed by atoms with Crippen molar-refractivity contribution in [2.45, 2.75) is 13.0 Å². The van der Waals surface area contributed by atoms with Crippen molar-refractivity contribution < 1.29 is 4.79 Å². The van der Waals surface area contributed by atoms with Gasteiger partial charge in [0.15, 0.2) is 0 Å². The standard InChI is InChI=1S/C19H16N4OS/c1-13(23-11-5-10-20-23)18(24)21-15-7-4-6-14(12-15)19-22-16-8-2-3-9-17(16)25-19/h2-13H,1H3,(H,21,24). The number of anilines is 1. The SMILES string of the molecule is CC(C(=O)Nc1cccc(-c2nc3ccccc3s2)c1)n1cccn1. The van der Waals surface area contributed by atoms with Gasteiger partial charge >= 0.3 is 0 Å². The number of fused-ring (bicyclic) bond motifs is 1. The molecule has 0 radical (unpaired) electrons. The molecule has 0 saturated heterocycles. The summed E-state index contributed by atoms with van der Waals surface area (Å²) in [7, 11) is 0. The van der Waals surface area contributed by atoms with Gasteiger partial charge in [0.05, 0.1) is 10.2 Å². The zero-order valence-electron chi connectivity index (χ0n) is 13.6. The zero-order chi connectivity index (χ0) is 17.2. The van der Waals surface area contributed by atoms with Crippen LogP contribution >= 0.6 is 11.3 Å². The fourth-order valence-electron chi connectivity index (χ4n) is 2.60. The third-order valence-electron chi connectivity index (χ3n) is 3.97. The molecule has 0 bridgehead atoms. The number of aromatic nitrogens is 3. The van der Waals surface area contributed by atoms with Gasteiger partial charge in [-0.05, 0) is 37.3 Å². The van der Waals surface area contributed by atoms with Crippen LogP contribution in [0.1, 0.15) is 13.0 Å². The second kappa shape index (κ2) is 6.49. The topological polar surface area (TPSA) is 59.8 Å². The zero-order valence-corrected chi connectivity index (χ0v) is 14.4. The molecule has 4 aromatic rings. The average molecular weight is 348 g/mol. The number of nitrogens with one attached hydrogen (secondary N) is 1. The summed E-state index contributed by atoms with van der Waals surface area (Å²) in [4.78, 5) is 17.1. The monoisotopic (exact) mass is 348 g/mol. The molecule has 124 valence electrons. The van der Waals surface area contributed by atoms with E-state index in [2.05, 4.69) is 21.5 Å². The molecule has 4 rings (SSSR count). The number of thiazole rings is 1. The number of hydrogen-bond donors (Lipinski definition) is 1. The number of carbonyl (C=O) groups excluding carboxylic acids is 1. The van der Waals surface area contributed by atoms with E-state index < -0.39 is 0 Å². The lowest BCUT2D eigenvalue weighted by atomic mass is 10.2. The van der Waals surface area contributed by atoms with Crippen molar-refractivity contribution in [2.75, 3.05) is 5.32 Å². The van der Waals surface area contributed by atoms with Crippen LogP contribution in [0.3, 0.4) is 0 Å². The highest BCUT2D eigenvalue weighted by molar-refractivity contribution is 7.21. The molecule has 2 aromatic carbocycles. The van der Waals surface area contributed by atoms with Crippen LogP contribution in [0.4, 0.5) is 5.69 Å². The summed E-state index contributed by atoms with van der Waals surface area (Å²) in [6, 6.07) is 17.3. The fraction of sp³-hybridized carbons (Fsp3) is 0.105. The third kappa shape index (κ3) is 3.16. The molecule has 0 spiro atoms. The number of benzene rings is 2. The van der Waals surface area contributed by atoms with Gasteiger partial charge in [0.25, 0.3) is 0 Å². The smallest absolute Gasteiger partial charge is 0.248 e. The summed E-state index contributed by atoms with van der Waals surface area (Å²) in [6.07, 6.45) is 3.44. The van der Waals surface area contributed by atoms with Crippen molar-refractivity contribution in [3.63, 3.8) is 0 Å². The Balaban J connectivity index is 1.58. The maximum Gasteiger partial charge on any atom is 0.248 e. The lowest BCUT2D eigenvalue weighted by Gasteiger charge is -2.13. The van der Waals surface area contributed by atoms with Crippen molar-refractivity contribution in [1.29, 1.82) is 0 Å². The molecule has 0 aliphatic heterocycles. The molecule has 1 amide bonds. The molecule has 6 heteroatoms. The van der Waals surface area contributed by atoms with E-state index in [9.17, 15) is 4.79 Å². The molecule has 0 fully saturated rings. The van der Waals surface area contributed by atoms with Crippen molar-refractivity contribution in [3.8, 4) is 10.6 Å². The van der Waals surface area contributed by atoms with E-state index in [4.69, 9.17) is 0 Å². The first-order chi connectivity index (χ1) is 12.2. The van der Waals surface area contributed by atoms with Crippen LogP contribution in [0.15, 0.2) is 67.0 Å². The molecule has 1 atom stereocenters. The Morgan fingerprint density at radius 1 is 1.16 bits per heavy atom. The number of rotatable bonds is 4. The Kier molecular flexibility index (Phi) is 4.03. The van der Waals surface area contributed by atoms with Crippen molar-refractivity contribution >= 4 is 33.1 Å². The Bertz CT molecular complexity index is 990. The maximum atomic E-state index is 12.4. The minimum Gasteiger partial charge on any atom is -0.324 e. The Labute approximate surface area is 149 Å². The highest BCUT2D eigenvalue weighted by Gasteiger charge is 2.15. The van der Waals surface area contributed by atoms with E-state index in [1.807, 2.05) is 49.4 Å². The average Bonchev–Trinajstić information content (AvgIpc) is 3.30. The lowest BCUT2D eigenvalue weighted by molar-refractivity contribution is -0.119. The highest BCUT2D eigenvalue weighted by Crippen LogP contribution is 2.31. The van der Waals surface area contributed by atoms with Gasteiger partial charge in [0.1, 0.15) is 11.0 Å². The first kappa shape index (κ1) is 15.5. The summed E-state index contributed by atoms with van der Waals surface area (Å²) in [5.41, 5.74) is 2.73. The summed E-state index contributed by atoms with van der Waals surface area (Å²) in [6.45, 7) is 1.82. The molecule has 0 aliphatic rings. The van der Waals surface area contributed by atoms with Crippen molar-refractivity contribution in [2.24, 2.45) is 0 Å². The van der Waals surface area contributed by atoms with Gasteiger partial charge in [-0.2, -0.15) is 5.10 Å².